The van der Waals surface area contributed by atoms with Crippen LogP contribution >= 0.6 is 0 Å². The van der Waals surface area contributed by atoms with Gasteiger partial charge in [-0.1, -0.05) is 6.92 Å². The van der Waals surface area contributed by atoms with Crippen LogP contribution < -0.4 is 0 Å². The van der Waals surface area contributed by atoms with E-state index in [0.29, 0.717) is 13.1 Å². The molecule has 1 aromatic heterocycles. The summed E-state index contributed by atoms with van der Waals surface area (Å²) < 4.78 is 66.2. The molecular weight excluding hydrogens is 329 g/mol. The Morgan fingerprint density at radius 1 is 1.30 bits per heavy atom. The van der Waals surface area contributed by atoms with Gasteiger partial charge in [0.05, 0.1) is 10.5 Å². The molecule has 0 spiro atoms. The van der Waals surface area contributed by atoms with E-state index in [2.05, 4.69) is 4.98 Å². The second-order valence-electron chi connectivity index (χ2n) is 6.02. The van der Waals surface area contributed by atoms with Crippen molar-refractivity contribution in [3.63, 3.8) is 0 Å². The second kappa shape index (κ2) is 5.52. The smallest absolute Gasteiger partial charge is 0.361 e. The van der Waals surface area contributed by atoms with Crippen LogP contribution in [0.5, 0.6) is 0 Å². The lowest BCUT2D eigenvalue weighted by Crippen LogP contribution is -2.39. The van der Waals surface area contributed by atoms with Crippen molar-refractivity contribution in [2.45, 2.75) is 30.8 Å². The molecule has 1 aliphatic heterocycles. The number of sulfonamides is 1. The van der Waals surface area contributed by atoms with Crippen molar-refractivity contribution in [3.8, 4) is 0 Å². The van der Waals surface area contributed by atoms with Crippen LogP contribution in [0.25, 0.3) is 10.9 Å². The Morgan fingerprint density at radius 3 is 2.70 bits per heavy atom. The van der Waals surface area contributed by atoms with E-state index in [9.17, 15) is 21.6 Å². The standard InChI is InChI=1S/C15H17F3N2O2S/c1-10-3-2-6-20(9-10)23(21,22)14-8-11(15(16,17)18)7-13-12(14)4-5-19-13/h4-5,7-8,10,19H,2-3,6,9H2,1H3. The zero-order valence-electron chi connectivity index (χ0n) is 12.5. The Kier molecular flexibility index (Phi) is 3.92. The summed E-state index contributed by atoms with van der Waals surface area (Å²) in [5.74, 6) is 0.200. The minimum Gasteiger partial charge on any atom is -0.361 e. The van der Waals surface area contributed by atoms with Gasteiger partial charge in [0.25, 0.3) is 0 Å². The van der Waals surface area contributed by atoms with Gasteiger partial charge in [0.15, 0.2) is 0 Å². The van der Waals surface area contributed by atoms with Gasteiger partial charge in [-0.3, -0.25) is 0 Å². The summed E-state index contributed by atoms with van der Waals surface area (Å²) in [6, 6.07) is 3.17. The first-order chi connectivity index (χ1) is 10.7. The third kappa shape index (κ3) is 2.97. The maximum Gasteiger partial charge on any atom is 0.416 e. The minimum absolute atomic E-state index is 0.170. The molecule has 1 N–H and O–H groups in total. The van der Waals surface area contributed by atoms with Crippen LogP contribution in [0, 0.1) is 5.92 Å². The molecule has 1 unspecified atom stereocenters. The largest absolute Gasteiger partial charge is 0.416 e. The molecule has 4 nitrogen and oxygen atoms in total. The Labute approximate surface area is 132 Å². The highest BCUT2D eigenvalue weighted by Gasteiger charge is 2.35. The molecule has 2 aromatic rings. The van der Waals surface area contributed by atoms with E-state index in [1.54, 1.807) is 0 Å². The summed E-state index contributed by atoms with van der Waals surface area (Å²) in [6.07, 6.45) is -1.51. The molecule has 0 radical (unpaired) electrons. The molecule has 1 aromatic carbocycles. The Bertz CT molecular complexity index is 827. The number of aromatic amines is 1. The molecule has 1 aliphatic rings. The first kappa shape index (κ1) is 16.3. The van der Waals surface area contributed by atoms with Gasteiger partial charge in [-0.2, -0.15) is 17.5 Å². The molecule has 3 rings (SSSR count). The first-order valence-electron chi connectivity index (χ1n) is 7.38. The Hall–Kier alpha value is -1.54. The van der Waals surface area contributed by atoms with Gasteiger partial charge >= 0.3 is 6.18 Å². The van der Waals surface area contributed by atoms with E-state index < -0.39 is 21.8 Å². The van der Waals surface area contributed by atoms with Crippen molar-refractivity contribution in [3.05, 3.63) is 30.0 Å². The zero-order valence-corrected chi connectivity index (χ0v) is 13.3. The molecule has 2 heterocycles. The Morgan fingerprint density at radius 2 is 2.04 bits per heavy atom. The summed E-state index contributed by atoms with van der Waals surface area (Å²) in [5.41, 5.74) is -0.792. The summed E-state index contributed by atoms with van der Waals surface area (Å²) in [7, 11) is -3.96. The second-order valence-corrected chi connectivity index (χ2v) is 7.93. The van der Waals surface area contributed by atoms with Crippen LogP contribution in [0.4, 0.5) is 13.2 Å². The lowest BCUT2D eigenvalue weighted by Gasteiger charge is -2.30. The summed E-state index contributed by atoms with van der Waals surface area (Å²) in [5, 5.41) is 0.288. The number of piperidine rings is 1. The third-order valence-corrected chi connectivity index (χ3v) is 6.10. The summed E-state index contributed by atoms with van der Waals surface area (Å²) >= 11 is 0. The van der Waals surface area contributed by atoms with Crippen molar-refractivity contribution >= 4 is 20.9 Å². The number of rotatable bonds is 2. The van der Waals surface area contributed by atoms with Crippen LogP contribution in [0.15, 0.2) is 29.3 Å². The van der Waals surface area contributed by atoms with Crippen molar-refractivity contribution in [1.29, 1.82) is 0 Å². The maximum atomic E-state index is 13.1. The van der Waals surface area contributed by atoms with Crippen molar-refractivity contribution in [1.82, 2.24) is 9.29 Å². The van der Waals surface area contributed by atoms with E-state index in [1.165, 1.54) is 16.6 Å². The predicted octanol–water partition coefficient (Wildman–Crippen LogP) is 3.61. The molecule has 1 atom stereocenters. The van der Waals surface area contributed by atoms with Gasteiger partial charge in [0, 0.05) is 30.2 Å². The lowest BCUT2D eigenvalue weighted by atomic mass is 10.0. The number of halogens is 3. The van der Waals surface area contributed by atoms with Crippen molar-refractivity contribution < 1.29 is 21.6 Å². The SMILES string of the molecule is CC1CCCN(S(=O)(=O)c2cc(C(F)(F)F)cc3[nH]ccc23)C1. The van der Waals surface area contributed by atoms with Crippen LogP contribution in [-0.2, 0) is 16.2 Å². The lowest BCUT2D eigenvalue weighted by molar-refractivity contribution is -0.137. The van der Waals surface area contributed by atoms with Gasteiger partial charge in [-0.25, -0.2) is 8.42 Å². The number of nitrogens with one attached hydrogen (secondary N) is 1. The highest BCUT2D eigenvalue weighted by Crippen LogP contribution is 2.36. The maximum absolute atomic E-state index is 13.1. The van der Waals surface area contributed by atoms with Gasteiger partial charge in [-0.15, -0.1) is 0 Å². The van der Waals surface area contributed by atoms with E-state index in [1.807, 2.05) is 6.92 Å². The van der Waals surface area contributed by atoms with E-state index in [-0.39, 0.29) is 21.7 Å². The van der Waals surface area contributed by atoms with Gasteiger partial charge in [-0.05, 0) is 37.0 Å². The monoisotopic (exact) mass is 346 g/mol. The van der Waals surface area contributed by atoms with E-state index in [0.717, 1.165) is 25.0 Å². The number of H-pyrrole nitrogens is 1. The number of alkyl halides is 3. The molecule has 1 fully saturated rings. The van der Waals surface area contributed by atoms with Gasteiger partial charge in [0.1, 0.15) is 0 Å². The summed E-state index contributed by atoms with van der Waals surface area (Å²) in [6.45, 7) is 2.62. The van der Waals surface area contributed by atoms with Crippen LogP contribution in [0.2, 0.25) is 0 Å². The highest BCUT2D eigenvalue weighted by molar-refractivity contribution is 7.89. The van der Waals surface area contributed by atoms with Crippen LogP contribution in [0.1, 0.15) is 25.3 Å². The summed E-state index contributed by atoms with van der Waals surface area (Å²) in [4.78, 5) is 2.39. The number of hydrogen-bond acceptors (Lipinski definition) is 2. The number of aromatic nitrogens is 1. The number of nitrogens with zero attached hydrogens (tertiary/aromatic N) is 1. The van der Waals surface area contributed by atoms with Crippen molar-refractivity contribution in [2.75, 3.05) is 13.1 Å². The molecule has 1 saturated heterocycles. The number of benzene rings is 1. The fourth-order valence-electron chi connectivity index (χ4n) is 3.01. The molecule has 23 heavy (non-hydrogen) atoms. The molecule has 0 amide bonds. The molecular formula is C15H17F3N2O2S. The Balaban J connectivity index is 2.16. The van der Waals surface area contributed by atoms with Crippen LogP contribution in [0.3, 0.4) is 0 Å². The molecule has 8 heteroatoms. The van der Waals surface area contributed by atoms with E-state index >= 15 is 0 Å². The quantitative estimate of drug-likeness (QED) is 0.903. The average molecular weight is 346 g/mol. The fraction of sp³-hybridized carbons (Fsp3) is 0.467. The number of fused-ring (bicyclic) bond motifs is 1. The fourth-order valence-corrected chi connectivity index (χ4v) is 4.84. The van der Waals surface area contributed by atoms with Crippen LogP contribution in [-0.4, -0.2) is 30.8 Å². The van der Waals surface area contributed by atoms with Gasteiger partial charge < -0.3 is 4.98 Å². The molecule has 126 valence electrons. The van der Waals surface area contributed by atoms with E-state index in [4.69, 9.17) is 0 Å². The highest BCUT2D eigenvalue weighted by atomic mass is 32.2. The third-order valence-electron chi connectivity index (χ3n) is 4.20. The normalized spacial score (nSPS) is 21.0. The average Bonchev–Trinajstić information content (AvgIpc) is 2.93. The van der Waals surface area contributed by atoms with Crippen molar-refractivity contribution in [2.24, 2.45) is 5.92 Å². The zero-order chi connectivity index (χ0) is 16.8. The minimum atomic E-state index is -4.60. The predicted molar refractivity (Wildman–Crippen MR) is 80.5 cm³/mol. The first-order valence-corrected chi connectivity index (χ1v) is 8.82. The van der Waals surface area contributed by atoms with Gasteiger partial charge in [0.2, 0.25) is 10.0 Å². The molecule has 0 saturated carbocycles. The molecule has 0 bridgehead atoms. The number of hydrogen-bond donors (Lipinski definition) is 1. The molecule has 0 aliphatic carbocycles. The topological polar surface area (TPSA) is 53.2 Å².